The van der Waals surface area contributed by atoms with Crippen LogP contribution in [0.2, 0.25) is 0 Å². The second-order valence-corrected chi connectivity index (χ2v) is 4.69. The Balaban J connectivity index is 1.59. The van der Waals surface area contributed by atoms with Crippen molar-refractivity contribution in [3.05, 3.63) is 47.5 Å². The van der Waals surface area contributed by atoms with Crippen LogP contribution in [0.1, 0.15) is 11.3 Å². The third kappa shape index (κ3) is 2.91. The molecule has 0 spiro atoms. The first-order valence-electron chi connectivity index (χ1n) is 6.38. The van der Waals surface area contributed by atoms with Crippen molar-refractivity contribution in [2.45, 2.75) is 13.1 Å². The number of benzene rings is 1. The standard InChI is InChI=1S/C14H13FN4O2/c15-10-1-3-11(4-2-10)21-8-13(20)19-6-9-5-17-14(16)18-12(9)7-19/h1-5H,6-8H2,(H2,16,17,18). The molecule has 1 amide bonds. The normalized spacial score (nSPS) is 13.1. The third-order valence-corrected chi connectivity index (χ3v) is 3.20. The number of fused-ring (bicyclic) bond motifs is 1. The molecule has 0 aliphatic carbocycles. The molecule has 1 aromatic carbocycles. The summed E-state index contributed by atoms with van der Waals surface area (Å²) in [4.78, 5) is 21.7. The number of hydrogen-bond donors (Lipinski definition) is 1. The molecule has 0 unspecified atom stereocenters. The molecule has 0 saturated heterocycles. The number of carbonyl (C=O) groups excluding carboxylic acids is 1. The molecular weight excluding hydrogens is 275 g/mol. The number of nitrogens with two attached hydrogens (primary N) is 1. The predicted octanol–water partition coefficient (Wildman–Crippen LogP) is 1.12. The summed E-state index contributed by atoms with van der Waals surface area (Å²) in [6, 6.07) is 5.52. The zero-order valence-electron chi connectivity index (χ0n) is 11.1. The average Bonchev–Trinajstić information content (AvgIpc) is 2.89. The molecule has 108 valence electrons. The van der Waals surface area contributed by atoms with Crippen LogP contribution in [0, 0.1) is 5.82 Å². The highest BCUT2D eigenvalue weighted by Gasteiger charge is 2.25. The number of hydrogen-bond acceptors (Lipinski definition) is 5. The van der Waals surface area contributed by atoms with Crippen molar-refractivity contribution in [2.24, 2.45) is 0 Å². The lowest BCUT2D eigenvalue weighted by Crippen LogP contribution is -2.30. The van der Waals surface area contributed by atoms with E-state index in [-0.39, 0.29) is 24.3 Å². The Morgan fingerprint density at radius 2 is 2.10 bits per heavy atom. The van der Waals surface area contributed by atoms with Gasteiger partial charge in [-0.3, -0.25) is 4.79 Å². The summed E-state index contributed by atoms with van der Waals surface area (Å²) >= 11 is 0. The van der Waals surface area contributed by atoms with Gasteiger partial charge in [0, 0.05) is 18.3 Å². The number of carbonyl (C=O) groups is 1. The summed E-state index contributed by atoms with van der Waals surface area (Å²) in [6.07, 6.45) is 1.63. The summed E-state index contributed by atoms with van der Waals surface area (Å²) < 4.78 is 18.1. The first-order chi connectivity index (χ1) is 10.1. The Hall–Kier alpha value is -2.70. The fraction of sp³-hybridized carbons (Fsp3) is 0.214. The topological polar surface area (TPSA) is 81.3 Å². The predicted molar refractivity (Wildman–Crippen MR) is 72.6 cm³/mol. The average molecular weight is 288 g/mol. The lowest BCUT2D eigenvalue weighted by atomic mass is 10.3. The van der Waals surface area contributed by atoms with E-state index in [1.807, 2.05) is 0 Å². The molecule has 2 heterocycles. The van der Waals surface area contributed by atoms with Crippen LogP contribution in [-0.4, -0.2) is 27.4 Å². The van der Waals surface area contributed by atoms with Crippen molar-refractivity contribution in [3.8, 4) is 5.75 Å². The van der Waals surface area contributed by atoms with Crippen molar-refractivity contribution < 1.29 is 13.9 Å². The number of nitrogen functional groups attached to an aromatic ring is 1. The van der Waals surface area contributed by atoms with Gasteiger partial charge in [0.2, 0.25) is 5.95 Å². The van der Waals surface area contributed by atoms with Crippen molar-refractivity contribution in [2.75, 3.05) is 12.3 Å². The Bertz CT molecular complexity index is 675. The maximum Gasteiger partial charge on any atom is 0.261 e. The van der Waals surface area contributed by atoms with E-state index < -0.39 is 0 Å². The molecule has 0 radical (unpaired) electrons. The van der Waals surface area contributed by atoms with E-state index in [9.17, 15) is 9.18 Å². The molecule has 0 atom stereocenters. The van der Waals surface area contributed by atoms with E-state index in [0.717, 1.165) is 11.3 Å². The van der Waals surface area contributed by atoms with Gasteiger partial charge < -0.3 is 15.4 Å². The van der Waals surface area contributed by atoms with Crippen LogP contribution in [-0.2, 0) is 17.9 Å². The summed E-state index contributed by atoms with van der Waals surface area (Å²) in [5, 5.41) is 0. The zero-order chi connectivity index (χ0) is 14.8. The number of rotatable bonds is 3. The van der Waals surface area contributed by atoms with Gasteiger partial charge in [0.1, 0.15) is 11.6 Å². The van der Waals surface area contributed by atoms with Crippen molar-refractivity contribution in [1.29, 1.82) is 0 Å². The molecular formula is C14H13FN4O2. The van der Waals surface area contributed by atoms with Crippen LogP contribution in [0.5, 0.6) is 5.75 Å². The van der Waals surface area contributed by atoms with E-state index in [4.69, 9.17) is 10.5 Å². The first-order valence-corrected chi connectivity index (χ1v) is 6.38. The molecule has 1 aromatic heterocycles. The van der Waals surface area contributed by atoms with E-state index in [0.29, 0.717) is 18.8 Å². The Labute approximate surface area is 120 Å². The van der Waals surface area contributed by atoms with Gasteiger partial charge in [0.05, 0.1) is 12.2 Å². The van der Waals surface area contributed by atoms with E-state index in [2.05, 4.69) is 9.97 Å². The molecule has 1 aliphatic rings. The minimum Gasteiger partial charge on any atom is -0.484 e. The molecule has 21 heavy (non-hydrogen) atoms. The number of nitrogens with zero attached hydrogens (tertiary/aromatic N) is 3. The van der Waals surface area contributed by atoms with Crippen LogP contribution in [0.25, 0.3) is 0 Å². The quantitative estimate of drug-likeness (QED) is 0.915. The molecule has 7 heteroatoms. The number of anilines is 1. The second-order valence-electron chi connectivity index (χ2n) is 4.69. The SMILES string of the molecule is Nc1ncc2c(n1)CN(C(=O)COc1ccc(F)cc1)C2. The second kappa shape index (κ2) is 5.35. The zero-order valence-corrected chi connectivity index (χ0v) is 11.1. The van der Waals surface area contributed by atoms with Crippen molar-refractivity contribution in [1.82, 2.24) is 14.9 Å². The molecule has 6 nitrogen and oxygen atoms in total. The number of halogens is 1. The smallest absolute Gasteiger partial charge is 0.261 e. The summed E-state index contributed by atoms with van der Waals surface area (Å²) in [5.41, 5.74) is 7.17. The summed E-state index contributed by atoms with van der Waals surface area (Å²) in [6.45, 7) is 0.734. The van der Waals surface area contributed by atoms with Crippen LogP contribution in [0.4, 0.5) is 10.3 Å². The minimum atomic E-state index is -0.347. The third-order valence-electron chi connectivity index (χ3n) is 3.20. The molecule has 0 saturated carbocycles. The van der Waals surface area contributed by atoms with Crippen LogP contribution < -0.4 is 10.5 Å². The monoisotopic (exact) mass is 288 g/mol. The lowest BCUT2D eigenvalue weighted by molar-refractivity contribution is -0.134. The van der Waals surface area contributed by atoms with Gasteiger partial charge in [-0.15, -0.1) is 0 Å². The fourth-order valence-corrected chi connectivity index (χ4v) is 2.11. The maximum atomic E-state index is 12.8. The lowest BCUT2D eigenvalue weighted by Gasteiger charge is -2.15. The van der Waals surface area contributed by atoms with E-state index in [1.165, 1.54) is 24.3 Å². The van der Waals surface area contributed by atoms with Gasteiger partial charge in [-0.05, 0) is 24.3 Å². The Morgan fingerprint density at radius 3 is 2.86 bits per heavy atom. The van der Waals surface area contributed by atoms with E-state index >= 15 is 0 Å². The van der Waals surface area contributed by atoms with Crippen molar-refractivity contribution >= 4 is 11.9 Å². The van der Waals surface area contributed by atoms with Crippen LogP contribution >= 0.6 is 0 Å². The molecule has 0 fully saturated rings. The van der Waals surface area contributed by atoms with Gasteiger partial charge in [-0.1, -0.05) is 0 Å². The van der Waals surface area contributed by atoms with Gasteiger partial charge >= 0.3 is 0 Å². The molecule has 1 aliphatic heterocycles. The van der Waals surface area contributed by atoms with Crippen LogP contribution in [0.3, 0.4) is 0 Å². The van der Waals surface area contributed by atoms with E-state index in [1.54, 1.807) is 11.1 Å². The molecule has 2 aromatic rings. The highest BCUT2D eigenvalue weighted by molar-refractivity contribution is 5.78. The molecule has 0 bridgehead atoms. The molecule has 2 N–H and O–H groups in total. The van der Waals surface area contributed by atoms with Crippen LogP contribution in [0.15, 0.2) is 30.5 Å². The van der Waals surface area contributed by atoms with Gasteiger partial charge in [0.25, 0.3) is 5.91 Å². The number of ether oxygens (including phenoxy) is 1. The number of aromatic nitrogens is 2. The molecule has 3 rings (SSSR count). The Morgan fingerprint density at radius 1 is 1.33 bits per heavy atom. The minimum absolute atomic E-state index is 0.109. The van der Waals surface area contributed by atoms with Gasteiger partial charge in [0.15, 0.2) is 6.61 Å². The highest BCUT2D eigenvalue weighted by Crippen LogP contribution is 2.21. The largest absolute Gasteiger partial charge is 0.484 e. The van der Waals surface area contributed by atoms with Gasteiger partial charge in [-0.2, -0.15) is 0 Å². The highest BCUT2D eigenvalue weighted by atomic mass is 19.1. The fourth-order valence-electron chi connectivity index (χ4n) is 2.11. The maximum absolute atomic E-state index is 12.8. The summed E-state index contributed by atoms with van der Waals surface area (Å²) in [7, 11) is 0. The van der Waals surface area contributed by atoms with Crippen molar-refractivity contribution in [3.63, 3.8) is 0 Å². The van der Waals surface area contributed by atoms with Gasteiger partial charge in [-0.25, -0.2) is 14.4 Å². The number of amides is 1. The first kappa shape index (κ1) is 13.3. The summed E-state index contributed by atoms with van der Waals surface area (Å²) in [5.74, 6) is 0.131. The Kier molecular flexibility index (Phi) is 3.39.